The van der Waals surface area contributed by atoms with Crippen LogP contribution in [-0.4, -0.2) is 18.9 Å². The predicted molar refractivity (Wildman–Crippen MR) is 203 cm³/mol. The van der Waals surface area contributed by atoms with E-state index in [0.29, 0.717) is 33.6 Å². The number of esters is 1. The number of hydrogen-bond acceptors (Lipinski definition) is 4. The fourth-order valence-electron chi connectivity index (χ4n) is 6.49. The van der Waals surface area contributed by atoms with Crippen molar-refractivity contribution in [2.24, 2.45) is 5.41 Å². The zero-order chi connectivity index (χ0) is 36.7. The number of benzene rings is 4. The average Bonchev–Trinajstić information content (AvgIpc) is 2.98. The molecule has 262 valence electrons. The maximum atomic E-state index is 13.9. The highest BCUT2D eigenvalue weighted by molar-refractivity contribution is 7.97. The smallest absolute Gasteiger partial charge is 0.316 e. The lowest BCUT2D eigenvalue weighted by Crippen LogP contribution is -2.26. The van der Waals surface area contributed by atoms with Crippen LogP contribution in [-0.2, 0) is 25.8 Å². The van der Waals surface area contributed by atoms with Crippen molar-refractivity contribution in [2.45, 2.75) is 127 Å². The standard InChI is InChI=1S/C42H52O5S2/c1-24(2)34-35(25(3)4)39(48(32-18-14-27(7)15-19-32)33-20-16-28(8)17-21-33)37(40(49(44,45)46)36(34)26(5)6)31-22-29(9)38(30(10)23-31)47-41(43)42(11,12)13/h14-26H,1-13H3/p+1. The second kappa shape index (κ2) is 14.5. The Morgan fingerprint density at radius 3 is 1.45 bits per heavy atom. The van der Waals surface area contributed by atoms with Crippen LogP contribution in [0.15, 0.2) is 80.2 Å². The van der Waals surface area contributed by atoms with Gasteiger partial charge in [-0.1, -0.05) is 76.9 Å². The highest BCUT2D eigenvalue weighted by Gasteiger charge is 2.43. The highest BCUT2D eigenvalue weighted by atomic mass is 32.2. The van der Waals surface area contributed by atoms with Gasteiger partial charge in [-0.2, -0.15) is 8.42 Å². The number of carbonyl (C=O) groups excluding carboxylic acids is 1. The van der Waals surface area contributed by atoms with Crippen LogP contribution in [0.2, 0.25) is 0 Å². The summed E-state index contributed by atoms with van der Waals surface area (Å²) >= 11 is 0. The molecule has 0 saturated heterocycles. The van der Waals surface area contributed by atoms with E-state index in [4.69, 9.17) is 4.74 Å². The molecule has 0 bridgehead atoms. The van der Waals surface area contributed by atoms with Crippen molar-refractivity contribution in [1.82, 2.24) is 0 Å². The molecule has 0 aliphatic carbocycles. The van der Waals surface area contributed by atoms with Crippen molar-refractivity contribution in [3.8, 4) is 16.9 Å². The second-order valence-corrected chi connectivity index (χ2v) is 18.5. The Kier molecular flexibility index (Phi) is 11.3. The minimum Gasteiger partial charge on any atom is -0.426 e. The van der Waals surface area contributed by atoms with E-state index in [1.54, 1.807) is 0 Å². The van der Waals surface area contributed by atoms with Gasteiger partial charge >= 0.3 is 5.97 Å². The first-order valence-corrected chi connectivity index (χ1v) is 19.7. The Labute approximate surface area is 297 Å². The van der Waals surface area contributed by atoms with Crippen molar-refractivity contribution in [2.75, 3.05) is 0 Å². The molecule has 5 nitrogen and oxygen atoms in total. The molecule has 0 aromatic heterocycles. The Hall–Kier alpha value is -3.39. The van der Waals surface area contributed by atoms with E-state index < -0.39 is 26.4 Å². The third kappa shape index (κ3) is 8.00. The third-order valence-electron chi connectivity index (χ3n) is 8.79. The highest BCUT2D eigenvalue weighted by Crippen LogP contribution is 2.51. The average molecular weight is 702 g/mol. The van der Waals surface area contributed by atoms with Crippen LogP contribution in [0, 0.1) is 33.1 Å². The van der Waals surface area contributed by atoms with E-state index >= 15 is 0 Å². The van der Waals surface area contributed by atoms with Gasteiger partial charge in [-0.3, -0.25) is 9.35 Å². The summed E-state index contributed by atoms with van der Waals surface area (Å²) in [6.07, 6.45) is 0. The zero-order valence-corrected chi connectivity index (χ0v) is 33.0. The van der Waals surface area contributed by atoms with Crippen LogP contribution in [0.1, 0.15) is 119 Å². The molecular formula is C42H53O5S2+. The van der Waals surface area contributed by atoms with Crippen molar-refractivity contribution in [3.05, 3.63) is 99.6 Å². The second-order valence-electron chi connectivity index (χ2n) is 15.2. The van der Waals surface area contributed by atoms with Gasteiger partial charge in [0.05, 0.1) is 11.0 Å². The lowest BCUT2D eigenvalue weighted by atomic mass is 9.80. The Morgan fingerprint density at radius 2 is 1.10 bits per heavy atom. The molecule has 4 rings (SSSR count). The van der Waals surface area contributed by atoms with E-state index in [9.17, 15) is 17.8 Å². The van der Waals surface area contributed by atoms with Crippen LogP contribution in [0.3, 0.4) is 0 Å². The molecule has 0 radical (unpaired) electrons. The fraction of sp³-hybridized carbons (Fsp3) is 0.405. The summed E-state index contributed by atoms with van der Waals surface area (Å²) in [5, 5.41) is 0. The quantitative estimate of drug-likeness (QED) is 0.0813. The number of rotatable bonds is 9. The van der Waals surface area contributed by atoms with Gasteiger partial charge in [0, 0.05) is 5.56 Å². The van der Waals surface area contributed by atoms with Crippen LogP contribution in [0.25, 0.3) is 11.1 Å². The molecule has 4 aromatic rings. The molecule has 0 amide bonds. The summed E-state index contributed by atoms with van der Waals surface area (Å²) in [5.41, 5.74) is 6.84. The molecule has 0 saturated carbocycles. The van der Waals surface area contributed by atoms with E-state index in [1.807, 2.05) is 60.6 Å². The monoisotopic (exact) mass is 701 g/mol. The predicted octanol–water partition coefficient (Wildman–Crippen LogP) is 11.3. The summed E-state index contributed by atoms with van der Waals surface area (Å²) in [5.74, 6) is -0.0843. The van der Waals surface area contributed by atoms with E-state index in [1.165, 1.54) is 0 Å². The zero-order valence-electron chi connectivity index (χ0n) is 31.4. The number of aryl methyl sites for hydroxylation is 4. The summed E-state index contributed by atoms with van der Waals surface area (Å²) < 4.78 is 45.1. The lowest BCUT2D eigenvalue weighted by Gasteiger charge is -2.30. The van der Waals surface area contributed by atoms with Crippen molar-refractivity contribution < 1.29 is 22.5 Å². The maximum Gasteiger partial charge on any atom is 0.316 e. The van der Waals surface area contributed by atoms with E-state index in [2.05, 4.69) is 90.1 Å². The number of hydrogen-bond donors (Lipinski definition) is 1. The number of carbonyl (C=O) groups is 1. The van der Waals surface area contributed by atoms with Crippen molar-refractivity contribution in [1.29, 1.82) is 0 Å². The molecule has 4 aromatic carbocycles. The van der Waals surface area contributed by atoms with Gasteiger partial charge in [0.25, 0.3) is 10.1 Å². The van der Waals surface area contributed by atoms with Gasteiger partial charge in [-0.05, 0) is 130 Å². The normalized spacial score (nSPS) is 12.4. The van der Waals surface area contributed by atoms with Gasteiger partial charge in [0.2, 0.25) is 0 Å². The van der Waals surface area contributed by atoms with Crippen molar-refractivity contribution in [3.63, 3.8) is 0 Å². The number of ether oxygens (including phenoxy) is 1. The largest absolute Gasteiger partial charge is 0.426 e. The lowest BCUT2D eigenvalue weighted by molar-refractivity contribution is -0.143. The van der Waals surface area contributed by atoms with Crippen LogP contribution in [0.4, 0.5) is 0 Å². The third-order valence-corrected chi connectivity index (χ3v) is 12.0. The molecule has 0 aliphatic heterocycles. The molecule has 7 heteroatoms. The van der Waals surface area contributed by atoms with Gasteiger partial charge in [-0.15, -0.1) is 0 Å². The minimum atomic E-state index is -4.74. The van der Waals surface area contributed by atoms with Crippen LogP contribution in [0.5, 0.6) is 5.75 Å². The van der Waals surface area contributed by atoms with E-state index in [0.717, 1.165) is 36.9 Å². The van der Waals surface area contributed by atoms with Gasteiger partial charge in [0.15, 0.2) is 14.7 Å². The Bertz CT molecular complexity index is 1890. The first kappa shape index (κ1) is 38.4. The first-order chi connectivity index (χ1) is 22.6. The first-order valence-electron chi connectivity index (χ1n) is 17.1. The molecule has 0 spiro atoms. The van der Waals surface area contributed by atoms with Gasteiger partial charge < -0.3 is 4.74 Å². The molecule has 49 heavy (non-hydrogen) atoms. The molecule has 0 aliphatic rings. The molecule has 1 N–H and O–H groups in total. The van der Waals surface area contributed by atoms with Gasteiger partial charge in [-0.25, -0.2) is 0 Å². The SMILES string of the molecule is Cc1ccc([S+](c2ccc(C)cc2)c2c(-c3cc(C)c(OC(=O)C(C)(C)C)c(C)c3)c(S(=O)(=O)O)c(C(C)C)c(C(C)C)c2C(C)C)cc1. The Morgan fingerprint density at radius 1 is 0.694 bits per heavy atom. The topological polar surface area (TPSA) is 80.7 Å². The summed E-state index contributed by atoms with van der Waals surface area (Å²) in [7, 11) is -5.51. The van der Waals surface area contributed by atoms with Gasteiger partial charge in [0.1, 0.15) is 21.5 Å². The summed E-state index contributed by atoms with van der Waals surface area (Å²) in [6, 6.07) is 20.7. The van der Waals surface area contributed by atoms with Crippen molar-refractivity contribution >= 4 is 27.0 Å². The maximum absolute atomic E-state index is 13.9. The molecule has 0 heterocycles. The van der Waals surface area contributed by atoms with Crippen LogP contribution < -0.4 is 4.74 Å². The molecule has 0 atom stereocenters. The molecular weight excluding hydrogens is 649 g/mol. The summed E-state index contributed by atoms with van der Waals surface area (Å²) in [4.78, 5) is 15.9. The fourth-order valence-corrected chi connectivity index (χ4v) is 10.2. The molecule has 0 fully saturated rings. The minimum absolute atomic E-state index is 0.0211. The summed E-state index contributed by atoms with van der Waals surface area (Å²) in [6.45, 7) is 25.8. The Balaban J connectivity index is 2.34. The molecule has 0 unspecified atom stereocenters. The van der Waals surface area contributed by atoms with Crippen LogP contribution >= 0.6 is 0 Å². The van der Waals surface area contributed by atoms with E-state index in [-0.39, 0.29) is 28.6 Å².